The molecule has 1 aliphatic rings. The smallest absolute Gasteiger partial charge is 0.191 e. The zero-order chi connectivity index (χ0) is 15.9. The highest BCUT2D eigenvalue weighted by Gasteiger charge is 2.20. The van der Waals surface area contributed by atoms with Gasteiger partial charge in [0.2, 0.25) is 0 Å². The number of nitrogens with zero attached hydrogens (tertiary/aromatic N) is 3. The van der Waals surface area contributed by atoms with Crippen molar-refractivity contribution in [1.82, 2.24) is 15.8 Å². The number of thiophene rings is 1. The van der Waals surface area contributed by atoms with Crippen LogP contribution in [0.3, 0.4) is 0 Å². The third-order valence-corrected chi connectivity index (χ3v) is 4.82. The summed E-state index contributed by atoms with van der Waals surface area (Å²) in [5.74, 6) is 0.852. The summed E-state index contributed by atoms with van der Waals surface area (Å²) in [5, 5.41) is 14.2. The number of anilines is 1. The minimum Gasteiger partial charge on any atom is -0.364 e. The van der Waals surface area contributed by atoms with E-state index in [2.05, 4.69) is 50.1 Å². The van der Waals surface area contributed by atoms with Crippen LogP contribution in [0.15, 0.2) is 39.4 Å². The highest BCUT2D eigenvalue weighted by atomic mass is 32.1. The number of nitrogens with one attached hydrogen (secondary N) is 2. The van der Waals surface area contributed by atoms with E-state index >= 15 is 0 Å². The standard InChI is InChI=1S/C16H23N5OS/c1-2-17-16(18-12-14-7-10-22-20-14)19-13-5-8-21(9-6-13)15-4-3-11-23-15/h3-4,7,10-11,13H,2,5-6,8-9,12H2,1H3,(H2,17,18,19). The molecule has 0 aliphatic carbocycles. The molecule has 1 fully saturated rings. The summed E-state index contributed by atoms with van der Waals surface area (Å²) in [4.78, 5) is 7.04. The highest BCUT2D eigenvalue weighted by Crippen LogP contribution is 2.24. The molecule has 0 aromatic carbocycles. The topological polar surface area (TPSA) is 65.7 Å². The molecular formula is C16H23N5OS. The molecule has 124 valence electrons. The first-order chi connectivity index (χ1) is 11.3. The van der Waals surface area contributed by atoms with Crippen LogP contribution >= 0.6 is 11.3 Å². The van der Waals surface area contributed by atoms with Crippen molar-refractivity contribution in [2.24, 2.45) is 4.99 Å². The first-order valence-electron chi connectivity index (χ1n) is 8.07. The molecule has 6 nitrogen and oxygen atoms in total. The molecule has 0 unspecified atom stereocenters. The lowest BCUT2D eigenvalue weighted by Crippen LogP contribution is -2.48. The summed E-state index contributed by atoms with van der Waals surface area (Å²) in [7, 11) is 0. The van der Waals surface area contributed by atoms with Gasteiger partial charge in [0.25, 0.3) is 0 Å². The summed E-state index contributed by atoms with van der Waals surface area (Å²) in [6.07, 6.45) is 3.81. The number of hydrogen-bond donors (Lipinski definition) is 2. The van der Waals surface area contributed by atoms with Gasteiger partial charge in [-0.25, -0.2) is 4.99 Å². The zero-order valence-electron chi connectivity index (χ0n) is 13.4. The van der Waals surface area contributed by atoms with Crippen molar-refractivity contribution in [1.29, 1.82) is 0 Å². The molecule has 0 amide bonds. The highest BCUT2D eigenvalue weighted by molar-refractivity contribution is 7.14. The Morgan fingerprint density at radius 3 is 2.96 bits per heavy atom. The average Bonchev–Trinajstić information content (AvgIpc) is 3.27. The van der Waals surface area contributed by atoms with Crippen molar-refractivity contribution in [3.63, 3.8) is 0 Å². The van der Waals surface area contributed by atoms with Gasteiger partial charge in [0.05, 0.1) is 11.5 Å². The Balaban J connectivity index is 1.51. The van der Waals surface area contributed by atoms with Crippen LogP contribution in [0.25, 0.3) is 0 Å². The molecule has 2 aromatic rings. The van der Waals surface area contributed by atoms with Crippen molar-refractivity contribution in [2.45, 2.75) is 32.4 Å². The van der Waals surface area contributed by atoms with Gasteiger partial charge in [-0.1, -0.05) is 5.16 Å². The van der Waals surface area contributed by atoms with Gasteiger partial charge in [-0.05, 0) is 37.3 Å². The third kappa shape index (κ3) is 4.48. The van der Waals surface area contributed by atoms with Gasteiger partial charge >= 0.3 is 0 Å². The predicted molar refractivity (Wildman–Crippen MR) is 94.0 cm³/mol. The van der Waals surface area contributed by atoms with Crippen LogP contribution in [0.2, 0.25) is 0 Å². The van der Waals surface area contributed by atoms with Gasteiger partial charge in [-0.15, -0.1) is 11.3 Å². The van der Waals surface area contributed by atoms with Gasteiger partial charge in [0.1, 0.15) is 12.0 Å². The lowest BCUT2D eigenvalue weighted by Gasteiger charge is -2.33. The summed E-state index contributed by atoms with van der Waals surface area (Å²) in [6.45, 7) is 5.62. The van der Waals surface area contributed by atoms with Crippen molar-refractivity contribution in [3.8, 4) is 0 Å². The van der Waals surface area contributed by atoms with Gasteiger partial charge in [-0.2, -0.15) is 0 Å². The molecule has 3 rings (SSSR count). The molecule has 0 saturated carbocycles. The van der Waals surface area contributed by atoms with Gasteiger partial charge in [0.15, 0.2) is 5.96 Å². The average molecular weight is 333 g/mol. The van der Waals surface area contributed by atoms with Crippen LogP contribution in [0.1, 0.15) is 25.5 Å². The van der Waals surface area contributed by atoms with Crippen molar-refractivity contribution in [2.75, 3.05) is 24.5 Å². The Morgan fingerprint density at radius 1 is 1.43 bits per heavy atom. The first-order valence-corrected chi connectivity index (χ1v) is 8.95. The Hall–Kier alpha value is -2.02. The lowest BCUT2D eigenvalue weighted by molar-refractivity contribution is 0.412. The Morgan fingerprint density at radius 2 is 2.30 bits per heavy atom. The monoisotopic (exact) mass is 333 g/mol. The molecule has 0 bridgehead atoms. The fourth-order valence-electron chi connectivity index (χ4n) is 2.69. The molecule has 2 aromatic heterocycles. The molecule has 0 atom stereocenters. The SMILES string of the molecule is CCNC(=NCc1ccon1)NC1CCN(c2cccs2)CC1. The second-order valence-electron chi connectivity index (χ2n) is 5.54. The van der Waals surface area contributed by atoms with Crippen LogP contribution in [0.4, 0.5) is 5.00 Å². The summed E-state index contributed by atoms with van der Waals surface area (Å²) >= 11 is 1.81. The number of aromatic nitrogens is 1. The quantitative estimate of drug-likeness (QED) is 0.650. The lowest BCUT2D eigenvalue weighted by atomic mass is 10.1. The third-order valence-electron chi connectivity index (χ3n) is 3.89. The van der Waals surface area contributed by atoms with Crippen LogP contribution in [-0.4, -0.2) is 36.8 Å². The van der Waals surface area contributed by atoms with Crippen LogP contribution in [0, 0.1) is 0 Å². The minimum atomic E-state index is 0.460. The number of piperidine rings is 1. The molecule has 23 heavy (non-hydrogen) atoms. The molecule has 0 spiro atoms. The second kappa shape index (κ2) is 8.01. The maximum absolute atomic E-state index is 4.84. The van der Waals surface area contributed by atoms with E-state index in [-0.39, 0.29) is 0 Å². The molecule has 3 heterocycles. The predicted octanol–water partition coefficient (Wildman–Crippen LogP) is 2.46. The van der Waals surface area contributed by atoms with Crippen molar-refractivity contribution < 1.29 is 4.52 Å². The molecular weight excluding hydrogens is 310 g/mol. The number of aliphatic imine (C=N–C) groups is 1. The van der Waals surface area contributed by atoms with Crippen molar-refractivity contribution >= 4 is 22.3 Å². The summed E-state index contributed by atoms with van der Waals surface area (Å²) in [5.41, 5.74) is 0.842. The Kier molecular flexibility index (Phi) is 5.52. The fraction of sp³-hybridized carbons (Fsp3) is 0.500. The first kappa shape index (κ1) is 15.9. The van der Waals surface area contributed by atoms with E-state index in [0.717, 1.165) is 44.1 Å². The number of rotatable bonds is 5. The fourth-order valence-corrected chi connectivity index (χ4v) is 3.47. The Bertz CT molecular complexity index is 588. The second-order valence-corrected chi connectivity index (χ2v) is 6.47. The molecule has 1 aliphatic heterocycles. The maximum atomic E-state index is 4.84. The number of hydrogen-bond acceptors (Lipinski definition) is 5. The van der Waals surface area contributed by atoms with E-state index in [1.165, 1.54) is 5.00 Å². The number of guanidine groups is 1. The van der Waals surface area contributed by atoms with E-state index < -0.39 is 0 Å². The summed E-state index contributed by atoms with van der Waals surface area (Å²) in [6, 6.07) is 6.61. The van der Waals surface area contributed by atoms with Crippen LogP contribution in [-0.2, 0) is 6.54 Å². The molecule has 2 N–H and O–H groups in total. The molecule has 7 heteroatoms. The largest absolute Gasteiger partial charge is 0.364 e. The van der Waals surface area contributed by atoms with Gasteiger partial charge in [0, 0.05) is 31.7 Å². The van der Waals surface area contributed by atoms with Crippen molar-refractivity contribution in [3.05, 3.63) is 35.5 Å². The van der Waals surface area contributed by atoms with Crippen LogP contribution in [0.5, 0.6) is 0 Å². The maximum Gasteiger partial charge on any atom is 0.191 e. The Labute approximate surface area is 140 Å². The summed E-state index contributed by atoms with van der Waals surface area (Å²) < 4.78 is 4.84. The molecule has 1 saturated heterocycles. The van der Waals surface area contributed by atoms with Crippen LogP contribution < -0.4 is 15.5 Å². The van der Waals surface area contributed by atoms with E-state index in [1.807, 2.05) is 17.4 Å². The van der Waals surface area contributed by atoms with Gasteiger partial charge in [-0.3, -0.25) is 0 Å². The zero-order valence-corrected chi connectivity index (χ0v) is 14.2. The van der Waals surface area contributed by atoms with E-state index in [0.29, 0.717) is 12.6 Å². The van der Waals surface area contributed by atoms with Gasteiger partial charge < -0.3 is 20.1 Å². The normalized spacial score (nSPS) is 16.6. The minimum absolute atomic E-state index is 0.460. The van der Waals surface area contributed by atoms with E-state index in [9.17, 15) is 0 Å². The van der Waals surface area contributed by atoms with E-state index in [1.54, 1.807) is 6.26 Å². The van der Waals surface area contributed by atoms with E-state index in [4.69, 9.17) is 4.52 Å². The molecule has 0 radical (unpaired) electrons.